The molecule has 0 rings (SSSR count). The summed E-state index contributed by atoms with van der Waals surface area (Å²) in [5, 5.41) is 0. The molecule has 0 unspecified atom stereocenters. The number of unbranched alkanes of at least 4 members (excludes halogenated alkanes) is 2. The predicted molar refractivity (Wildman–Crippen MR) is 79.7 cm³/mol. The fraction of sp³-hybridized carbons (Fsp3) is 0.750. The van der Waals surface area contributed by atoms with Crippen LogP contribution < -0.4 is 0 Å². The van der Waals surface area contributed by atoms with E-state index in [4.69, 9.17) is 0 Å². The summed E-state index contributed by atoms with van der Waals surface area (Å²) in [6, 6.07) is 0. The van der Waals surface area contributed by atoms with E-state index in [0.717, 1.165) is 25.7 Å². The summed E-state index contributed by atoms with van der Waals surface area (Å²) in [6.45, 7) is 6.95. The average Bonchev–Trinajstić information content (AvgIpc) is 2.33. The van der Waals surface area contributed by atoms with Gasteiger partial charge in [0, 0.05) is 32.3 Å². The molecule has 0 aliphatic rings. The normalized spacial score (nSPS) is 8.95. The van der Waals surface area contributed by atoms with E-state index in [2.05, 4.69) is 0 Å². The zero-order valence-corrected chi connectivity index (χ0v) is 17.0. The van der Waals surface area contributed by atoms with Crippen LogP contribution in [0.4, 0.5) is 0 Å². The predicted octanol–water partition coefficient (Wildman–Crippen LogP) is 3.45. The van der Waals surface area contributed by atoms with Crippen molar-refractivity contribution in [2.75, 3.05) is 0 Å². The molecule has 0 atom stereocenters. The average molecular weight is 350 g/mol. The van der Waals surface area contributed by atoms with E-state index in [1.165, 1.54) is 13.8 Å². The van der Waals surface area contributed by atoms with Crippen molar-refractivity contribution in [3.8, 4) is 0 Å². The van der Waals surface area contributed by atoms with E-state index < -0.39 is 0 Å². The molecule has 0 aliphatic heterocycles. The molecular weight excluding hydrogens is 322 g/mol. The molecule has 0 aromatic carbocycles. The van der Waals surface area contributed by atoms with Crippen LogP contribution in [-0.2, 0) is 38.7 Å². The Hall–Kier alpha value is -0.697. The van der Waals surface area contributed by atoms with Crippen molar-refractivity contribution in [3.05, 3.63) is 0 Å². The first-order chi connectivity index (χ1) is 9.33. The molecule has 0 aromatic heterocycles. The van der Waals surface area contributed by atoms with Crippen molar-refractivity contribution in [2.45, 2.75) is 79.1 Å². The molecule has 4 nitrogen and oxygen atoms in total. The SMILES string of the molecule is CCCCC(=O)CC(C)=O.CCCCC(=O)CC(C)=O.[Zn]. The summed E-state index contributed by atoms with van der Waals surface area (Å²) >= 11 is 0. The number of carbonyl (C=O) groups excluding carboxylic acids is 4. The van der Waals surface area contributed by atoms with Crippen LogP contribution in [0.2, 0.25) is 0 Å². The Kier molecular flexibility index (Phi) is 20.9. The Morgan fingerprint density at radius 3 is 1.14 bits per heavy atom. The minimum absolute atomic E-state index is 0. The molecule has 0 fully saturated rings. The third-order valence-corrected chi connectivity index (χ3v) is 2.51. The summed E-state index contributed by atoms with van der Waals surface area (Å²) in [5.41, 5.74) is 0. The largest absolute Gasteiger partial charge is 0.300 e. The summed E-state index contributed by atoms with van der Waals surface area (Å²) in [7, 11) is 0. The van der Waals surface area contributed by atoms with Crippen LogP contribution in [0, 0.1) is 0 Å². The fourth-order valence-electron chi connectivity index (χ4n) is 1.48. The quantitative estimate of drug-likeness (QED) is 0.447. The third-order valence-electron chi connectivity index (χ3n) is 2.51. The standard InChI is InChI=1S/2C8H14O2.Zn/c2*1-3-4-5-8(10)6-7(2)9;/h2*3-6H2,1-2H3;. The van der Waals surface area contributed by atoms with Gasteiger partial charge in [-0.25, -0.2) is 0 Å². The van der Waals surface area contributed by atoms with Crippen molar-refractivity contribution in [2.24, 2.45) is 0 Å². The molecule has 0 bridgehead atoms. The molecule has 5 heteroatoms. The van der Waals surface area contributed by atoms with Gasteiger partial charge in [0.25, 0.3) is 0 Å². The van der Waals surface area contributed by atoms with Crippen LogP contribution in [0.15, 0.2) is 0 Å². The molecular formula is C16H28O4Zn. The van der Waals surface area contributed by atoms with E-state index in [-0.39, 0.29) is 55.5 Å². The molecule has 0 saturated carbocycles. The molecule has 0 radical (unpaired) electrons. The van der Waals surface area contributed by atoms with Gasteiger partial charge in [0.1, 0.15) is 23.1 Å². The number of Topliss-reactive ketones (excluding diaryl/α,β-unsaturated/α-hetero) is 4. The Morgan fingerprint density at radius 2 is 0.952 bits per heavy atom. The van der Waals surface area contributed by atoms with Gasteiger partial charge in [-0.1, -0.05) is 26.7 Å². The van der Waals surface area contributed by atoms with E-state index in [1.807, 2.05) is 13.8 Å². The number of carbonyl (C=O) groups is 4. The van der Waals surface area contributed by atoms with Gasteiger partial charge in [-0.15, -0.1) is 0 Å². The van der Waals surface area contributed by atoms with Gasteiger partial charge in [-0.2, -0.15) is 0 Å². The van der Waals surface area contributed by atoms with Crippen LogP contribution >= 0.6 is 0 Å². The van der Waals surface area contributed by atoms with Crippen LogP contribution in [0.25, 0.3) is 0 Å². The van der Waals surface area contributed by atoms with E-state index in [0.29, 0.717) is 12.8 Å². The minimum Gasteiger partial charge on any atom is -0.300 e. The number of hydrogen-bond donors (Lipinski definition) is 0. The van der Waals surface area contributed by atoms with E-state index in [9.17, 15) is 19.2 Å². The Bertz CT molecular complexity index is 292. The summed E-state index contributed by atoms with van der Waals surface area (Å²) in [6.07, 6.45) is 5.23. The first kappa shape index (κ1) is 25.3. The van der Waals surface area contributed by atoms with Crippen molar-refractivity contribution in [1.82, 2.24) is 0 Å². The smallest absolute Gasteiger partial charge is 0.140 e. The van der Waals surface area contributed by atoms with Gasteiger partial charge in [0.05, 0.1) is 12.8 Å². The molecule has 0 spiro atoms. The number of hydrogen-bond acceptors (Lipinski definition) is 4. The number of ketones is 4. The molecule has 0 aliphatic carbocycles. The summed E-state index contributed by atoms with van der Waals surface area (Å²) in [5.74, 6) is 0.103. The van der Waals surface area contributed by atoms with Gasteiger partial charge in [-0.3, -0.25) is 19.2 Å². The second-order valence-electron chi connectivity index (χ2n) is 5.04. The first-order valence-electron chi connectivity index (χ1n) is 7.35. The van der Waals surface area contributed by atoms with Gasteiger partial charge in [-0.05, 0) is 26.7 Å². The fourth-order valence-corrected chi connectivity index (χ4v) is 1.48. The van der Waals surface area contributed by atoms with Gasteiger partial charge >= 0.3 is 0 Å². The van der Waals surface area contributed by atoms with Gasteiger partial charge in [0.2, 0.25) is 0 Å². The van der Waals surface area contributed by atoms with Gasteiger partial charge in [0.15, 0.2) is 0 Å². The van der Waals surface area contributed by atoms with Crippen molar-refractivity contribution in [1.29, 1.82) is 0 Å². The van der Waals surface area contributed by atoms with Gasteiger partial charge < -0.3 is 0 Å². The zero-order valence-electron chi connectivity index (χ0n) is 14.0. The van der Waals surface area contributed by atoms with E-state index in [1.54, 1.807) is 0 Å². The van der Waals surface area contributed by atoms with Crippen LogP contribution in [0.3, 0.4) is 0 Å². The van der Waals surface area contributed by atoms with Crippen molar-refractivity contribution < 1.29 is 38.7 Å². The molecule has 0 N–H and O–H groups in total. The van der Waals surface area contributed by atoms with Crippen molar-refractivity contribution in [3.63, 3.8) is 0 Å². The molecule has 118 valence electrons. The Morgan fingerprint density at radius 1 is 0.667 bits per heavy atom. The Labute approximate surface area is 141 Å². The second kappa shape index (κ2) is 17.4. The third kappa shape index (κ3) is 24.7. The maximum Gasteiger partial charge on any atom is 0.140 e. The molecule has 21 heavy (non-hydrogen) atoms. The first-order valence-corrected chi connectivity index (χ1v) is 7.35. The summed E-state index contributed by atoms with van der Waals surface area (Å²) in [4.78, 5) is 42.4. The molecule has 0 heterocycles. The van der Waals surface area contributed by atoms with Crippen LogP contribution in [-0.4, -0.2) is 23.1 Å². The second-order valence-corrected chi connectivity index (χ2v) is 5.04. The van der Waals surface area contributed by atoms with Crippen LogP contribution in [0.5, 0.6) is 0 Å². The minimum atomic E-state index is -0.0268. The van der Waals surface area contributed by atoms with Crippen molar-refractivity contribution >= 4 is 23.1 Å². The van der Waals surface area contributed by atoms with E-state index >= 15 is 0 Å². The van der Waals surface area contributed by atoms with Crippen LogP contribution in [0.1, 0.15) is 79.1 Å². The molecule has 0 amide bonds. The Balaban J connectivity index is -0.000000295. The molecule has 0 saturated heterocycles. The zero-order chi connectivity index (χ0) is 16.0. The molecule has 0 aromatic rings. The topological polar surface area (TPSA) is 68.3 Å². The maximum absolute atomic E-state index is 10.8. The monoisotopic (exact) mass is 348 g/mol. The maximum atomic E-state index is 10.8. The summed E-state index contributed by atoms with van der Waals surface area (Å²) < 4.78 is 0. The number of rotatable bonds is 10.